The number of aromatic nitrogens is 2. The topological polar surface area (TPSA) is 168 Å². The SMILES string of the molecule is O.O=C(O)CCP(=O)([O-])O.c1ccc(Nc2cccc[nH+]2)nc1. The number of carboxylic acids is 1. The van der Waals surface area contributed by atoms with Gasteiger partial charge in [-0.05, 0) is 12.1 Å². The lowest BCUT2D eigenvalue weighted by atomic mass is 10.4. The fourth-order valence-electron chi connectivity index (χ4n) is 1.28. The third-order valence-electron chi connectivity index (χ3n) is 2.24. The van der Waals surface area contributed by atoms with Crippen LogP contribution >= 0.6 is 7.60 Å². The first-order chi connectivity index (χ1) is 10.4. The molecule has 126 valence electrons. The lowest BCUT2D eigenvalue weighted by molar-refractivity contribution is -0.360. The van der Waals surface area contributed by atoms with Crippen molar-refractivity contribution >= 4 is 25.2 Å². The second-order valence-electron chi connectivity index (χ2n) is 4.12. The van der Waals surface area contributed by atoms with Crippen LogP contribution in [0.25, 0.3) is 0 Å². The molecule has 0 aliphatic rings. The van der Waals surface area contributed by atoms with Crippen molar-refractivity contribution in [3.8, 4) is 0 Å². The van der Waals surface area contributed by atoms with E-state index in [1.54, 1.807) is 6.20 Å². The minimum absolute atomic E-state index is 0. The Bertz CT molecular complexity index is 583. The summed E-state index contributed by atoms with van der Waals surface area (Å²) in [6.07, 6.45) is 2.39. The highest BCUT2D eigenvalue weighted by Gasteiger charge is 2.04. The Labute approximate surface area is 132 Å². The van der Waals surface area contributed by atoms with Gasteiger partial charge in [0.25, 0.3) is 5.82 Å². The molecule has 0 aliphatic carbocycles. The molecule has 0 amide bonds. The van der Waals surface area contributed by atoms with Crippen LogP contribution in [0.4, 0.5) is 11.6 Å². The molecule has 2 heterocycles. The van der Waals surface area contributed by atoms with Crippen molar-refractivity contribution in [3.05, 3.63) is 48.8 Å². The lowest BCUT2D eigenvalue weighted by Gasteiger charge is -2.12. The Kier molecular flexibility index (Phi) is 9.36. The average molecular weight is 343 g/mol. The molecule has 2 aromatic heterocycles. The molecule has 10 heteroatoms. The van der Waals surface area contributed by atoms with Crippen molar-refractivity contribution in [2.24, 2.45) is 0 Å². The number of pyridine rings is 2. The second-order valence-corrected chi connectivity index (χ2v) is 5.84. The first-order valence-corrected chi connectivity index (χ1v) is 8.02. The second kappa shape index (κ2) is 10.4. The van der Waals surface area contributed by atoms with Crippen LogP contribution in [0.3, 0.4) is 0 Å². The van der Waals surface area contributed by atoms with Crippen molar-refractivity contribution in [1.82, 2.24) is 4.98 Å². The largest absolute Gasteiger partial charge is 0.779 e. The zero-order valence-electron chi connectivity index (χ0n) is 12.0. The van der Waals surface area contributed by atoms with Crippen LogP contribution in [0.5, 0.6) is 0 Å². The molecule has 23 heavy (non-hydrogen) atoms. The van der Waals surface area contributed by atoms with E-state index < -0.39 is 26.1 Å². The molecule has 9 nitrogen and oxygen atoms in total. The van der Waals surface area contributed by atoms with E-state index in [0.29, 0.717) is 0 Å². The molecule has 0 aromatic carbocycles. The summed E-state index contributed by atoms with van der Waals surface area (Å²) in [6.45, 7) is 0. The van der Waals surface area contributed by atoms with Gasteiger partial charge in [-0.3, -0.25) is 4.79 Å². The molecule has 2 rings (SSSR count). The molecule has 0 saturated heterocycles. The first kappa shape index (κ1) is 20.7. The summed E-state index contributed by atoms with van der Waals surface area (Å²) in [5, 5.41) is 11.0. The molecule has 0 fully saturated rings. The fourth-order valence-corrected chi connectivity index (χ4v) is 1.76. The predicted octanol–water partition coefficient (Wildman–Crippen LogP) is -0.179. The maximum atomic E-state index is 9.86. The number of rotatable bonds is 5. The van der Waals surface area contributed by atoms with Gasteiger partial charge in [0.2, 0.25) is 5.82 Å². The molecular formula is C13H18N3O6P. The van der Waals surface area contributed by atoms with E-state index in [4.69, 9.17) is 10.00 Å². The molecule has 2 aromatic rings. The van der Waals surface area contributed by atoms with E-state index >= 15 is 0 Å². The van der Waals surface area contributed by atoms with Crippen molar-refractivity contribution in [1.29, 1.82) is 0 Å². The van der Waals surface area contributed by atoms with Gasteiger partial charge in [0, 0.05) is 24.5 Å². The molecule has 0 spiro atoms. The Morgan fingerprint density at radius 1 is 1.30 bits per heavy atom. The fraction of sp³-hybridized carbons (Fsp3) is 0.154. The Morgan fingerprint density at radius 3 is 2.43 bits per heavy atom. The Hall–Kier alpha value is -2.32. The summed E-state index contributed by atoms with van der Waals surface area (Å²) in [7, 11) is -4.35. The summed E-state index contributed by atoms with van der Waals surface area (Å²) in [4.78, 5) is 34.7. The van der Waals surface area contributed by atoms with Crippen molar-refractivity contribution < 1.29 is 34.7 Å². The van der Waals surface area contributed by atoms with Gasteiger partial charge in [-0.1, -0.05) is 12.1 Å². The smallest absolute Gasteiger partial charge is 0.303 e. The van der Waals surface area contributed by atoms with Gasteiger partial charge in [-0.2, -0.15) is 0 Å². The maximum absolute atomic E-state index is 9.86. The van der Waals surface area contributed by atoms with E-state index in [1.807, 2.05) is 42.6 Å². The van der Waals surface area contributed by atoms with Gasteiger partial charge in [0.05, 0.1) is 12.6 Å². The quantitative estimate of drug-likeness (QED) is 0.632. The summed E-state index contributed by atoms with van der Waals surface area (Å²) in [5.41, 5.74) is 0. The van der Waals surface area contributed by atoms with Crippen LogP contribution in [-0.2, 0) is 9.36 Å². The Morgan fingerprint density at radius 2 is 2.00 bits per heavy atom. The molecule has 1 unspecified atom stereocenters. The van der Waals surface area contributed by atoms with Crippen LogP contribution in [0.1, 0.15) is 6.42 Å². The number of anilines is 2. The lowest BCUT2D eigenvalue weighted by Crippen LogP contribution is -2.08. The van der Waals surface area contributed by atoms with Crippen LogP contribution in [0, 0.1) is 0 Å². The minimum atomic E-state index is -4.35. The number of carboxylic acid groups (broad SMARTS) is 1. The summed E-state index contributed by atoms with van der Waals surface area (Å²) >= 11 is 0. The molecule has 1 atom stereocenters. The highest BCUT2D eigenvalue weighted by molar-refractivity contribution is 7.50. The number of H-pyrrole nitrogens is 1. The monoisotopic (exact) mass is 343 g/mol. The molecule has 0 aliphatic heterocycles. The van der Waals surface area contributed by atoms with Crippen molar-refractivity contribution in [2.75, 3.05) is 11.5 Å². The van der Waals surface area contributed by atoms with E-state index in [-0.39, 0.29) is 5.48 Å². The summed E-state index contributed by atoms with van der Waals surface area (Å²) in [6, 6.07) is 11.6. The number of hydrogen-bond donors (Lipinski definition) is 3. The van der Waals surface area contributed by atoms with Gasteiger partial charge in [-0.25, -0.2) is 15.3 Å². The van der Waals surface area contributed by atoms with Gasteiger partial charge >= 0.3 is 5.97 Å². The average Bonchev–Trinajstić information content (AvgIpc) is 2.47. The molecule has 0 saturated carbocycles. The minimum Gasteiger partial charge on any atom is -0.779 e. The number of aliphatic carboxylic acids is 1. The molecule has 0 radical (unpaired) electrons. The van der Waals surface area contributed by atoms with Crippen LogP contribution in [-0.4, -0.2) is 32.6 Å². The normalized spacial score (nSPS) is 11.9. The zero-order valence-corrected chi connectivity index (χ0v) is 12.9. The van der Waals surface area contributed by atoms with Crippen molar-refractivity contribution in [3.63, 3.8) is 0 Å². The highest BCUT2D eigenvalue weighted by Crippen LogP contribution is 2.28. The van der Waals surface area contributed by atoms with Crippen LogP contribution in [0.15, 0.2) is 48.8 Å². The van der Waals surface area contributed by atoms with E-state index in [0.717, 1.165) is 11.6 Å². The van der Waals surface area contributed by atoms with E-state index in [9.17, 15) is 14.3 Å². The van der Waals surface area contributed by atoms with Gasteiger partial charge in [0.15, 0.2) is 0 Å². The van der Waals surface area contributed by atoms with E-state index in [1.165, 1.54) is 0 Å². The van der Waals surface area contributed by atoms with Crippen LogP contribution in [0.2, 0.25) is 0 Å². The van der Waals surface area contributed by atoms with Gasteiger partial charge in [0.1, 0.15) is 7.60 Å². The van der Waals surface area contributed by atoms with Crippen molar-refractivity contribution in [2.45, 2.75) is 6.42 Å². The van der Waals surface area contributed by atoms with Crippen LogP contribution < -0.4 is 15.2 Å². The number of nitrogens with one attached hydrogen (secondary N) is 2. The van der Waals surface area contributed by atoms with Gasteiger partial charge < -0.3 is 24.9 Å². The first-order valence-electron chi connectivity index (χ1n) is 6.26. The number of carbonyl (C=O) groups is 1. The Balaban J connectivity index is 0.000000434. The number of hydrogen-bond acceptors (Lipinski definition) is 5. The highest BCUT2D eigenvalue weighted by atomic mass is 31.2. The summed E-state index contributed by atoms with van der Waals surface area (Å²) < 4.78 is 9.86. The predicted molar refractivity (Wildman–Crippen MR) is 81.1 cm³/mol. The number of aromatic amines is 1. The molecule has 6 N–H and O–H groups in total. The standard InChI is InChI=1S/C10H9N3.C3H7O5P.H2O/c1-3-7-11-9(5-1)13-10-6-2-4-8-12-10;4-3(5)1-2-9(6,7)8;/h1-8H,(H,11,12,13);1-2H2,(H,4,5)(H2,6,7,8);1H2. The third kappa shape index (κ3) is 11.0. The van der Waals surface area contributed by atoms with Gasteiger partial charge in [-0.15, -0.1) is 0 Å². The zero-order chi connectivity index (χ0) is 16.4. The third-order valence-corrected chi connectivity index (χ3v) is 3.03. The summed E-state index contributed by atoms with van der Waals surface area (Å²) in [5.74, 6) is 0.534. The number of nitrogens with zero attached hydrogens (tertiary/aromatic N) is 1. The van der Waals surface area contributed by atoms with E-state index in [2.05, 4.69) is 15.3 Å². The molecule has 0 bridgehead atoms. The maximum Gasteiger partial charge on any atom is 0.303 e. The molecular weight excluding hydrogens is 325 g/mol.